The Morgan fingerprint density at radius 2 is 2.00 bits per heavy atom. The molecule has 19 heavy (non-hydrogen) atoms. The maximum absolute atomic E-state index is 10.8. The van der Waals surface area contributed by atoms with Gasteiger partial charge in [0.2, 0.25) is 0 Å². The predicted octanol–water partition coefficient (Wildman–Crippen LogP) is 3.27. The van der Waals surface area contributed by atoms with Crippen LogP contribution in [0, 0.1) is 10.1 Å². The van der Waals surface area contributed by atoms with E-state index in [9.17, 15) is 10.1 Å². The van der Waals surface area contributed by atoms with Crippen LogP contribution in [0.5, 0.6) is 5.75 Å². The van der Waals surface area contributed by atoms with E-state index in [0.717, 1.165) is 5.56 Å². The molecule has 0 aliphatic rings. The van der Waals surface area contributed by atoms with E-state index in [1.165, 1.54) is 6.07 Å². The highest BCUT2D eigenvalue weighted by atomic mass is 16.6. The number of nitrogens with one attached hydrogen (secondary N) is 1. The average Bonchev–Trinajstić information content (AvgIpc) is 2.25. The smallest absolute Gasteiger partial charge is 0.270 e. The largest absolute Gasteiger partial charge is 0.491 e. The first kappa shape index (κ1) is 15.4. The second-order valence-electron chi connectivity index (χ2n) is 5.82. The van der Waals surface area contributed by atoms with Crippen LogP contribution in [0.4, 0.5) is 5.69 Å². The van der Waals surface area contributed by atoms with Crippen molar-refractivity contribution in [2.45, 2.75) is 52.8 Å². The fourth-order valence-corrected chi connectivity index (χ4v) is 1.55. The number of rotatable bonds is 5. The Morgan fingerprint density at radius 3 is 2.47 bits per heavy atom. The number of nitro groups is 1. The van der Waals surface area contributed by atoms with E-state index >= 15 is 0 Å². The van der Waals surface area contributed by atoms with Crippen molar-refractivity contribution in [2.75, 3.05) is 0 Å². The van der Waals surface area contributed by atoms with E-state index in [4.69, 9.17) is 4.74 Å². The van der Waals surface area contributed by atoms with Crippen LogP contribution < -0.4 is 10.1 Å². The lowest BCUT2D eigenvalue weighted by atomic mass is 10.1. The number of benzene rings is 1. The van der Waals surface area contributed by atoms with Crippen LogP contribution >= 0.6 is 0 Å². The lowest BCUT2D eigenvalue weighted by Crippen LogP contribution is -2.35. The van der Waals surface area contributed by atoms with Gasteiger partial charge in [0, 0.05) is 29.8 Å². The number of nitro benzene ring substituents is 1. The molecular formula is C14H22N2O3. The van der Waals surface area contributed by atoms with Crippen molar-refractivity contribution in [1.82, 2.24) is 5.32 Å². The number of ether oxygens (including phenoxy) is 1. The van der Waals surface area contributed by atoms with Gasteiger partial charge in [-0.1, -0.05) is 0 Å². The van der Waals surface area contributed by atoms with Gasteiger partial charge >= 0.3 is 0 Å². The zero-order valence-electron chi connectivity index (χ0n) is 12.2. The van der Waals surface area contributed by atoms with Crippen molar-refractivity contribution in [2.24, 2.45) is 0 Å². The molecule has 0 saturated carbocycles. The maximum atomic E-state index is 10.8. The summed E-state index contributed by atoms with van der Waals surface area (Å²) >= 11 is 0. The molecule has 0 aliphatic carbocycles. The third-order valence-electron chi connectivity index (χ3n) is 2.43. The van der Waals surface area contributed by atoms with Crippen molar-refractivity contribution in [3.63, 3.8) is 0 Å². The molecule has 5 heteroatoms. The highest BCUT2D eigenvalue weighted by Gasteiger charge is 2.15. The van der Waals surface area contributed by atoms with Crippen LogP contribution in [0.25, 0.3) is 0 Å². The number of nitrogens with zero attached hydrogens (tertiary/aromatic N) is 1. The summed E-state index contributed by atoms with van der Waals surface area (Å²) in [4.78, 5) is 10.4. The Hall–Kier alpha value is -1.62. The molecule has 0 radical (unpaired) electrons. The second-order valence-corrected chi connectivity index (χ2v) is 5.82. The minimum atomic E-state index is -0.389. The minimum absolute atomic E-state index is 0.0369. The Morgan fingerprint density at radius 1 is 1.37 bits per heavy atom. The van der Waals surface area contributed by atoms with E-state index in [0.29, 0.717) is 12.3 Å². The summed E-state index contributed by atoms with van der Waals surface area (Å²) < 4.78 is 5.68. The first-order valence-electron chi connectivity index (χ1n) is 6.38. The van der Waals surface area contributed by atoms with Gasteiger partial charge in [-0.3, -0.25) is 10.1 Å². The average molecular weight is 266 g/mol. The third-order valence-corrected chi connectivity index (χ3v) is 2.43. The normalized spacial score (nSPS) is 11.7. The molecule has 0 spiro atoms. The molecule has 1 aromatic rings. The van der Waals surface area contributed by atoms with Crippen LogP contribution in [0.2, 0.25) is 0 Å². The van der Waals surface area contributed by atoms with Crippen LogP contribution in [-0.4, -0.2) is 16.6 Å². The van der Waals surface area contributed by atoms with Crippen LogP contribution in [-0.2, 0) is 6.54 Å². The van der Waals surface area contributed by atoms with Gasteiger partial charge < -0.3 is 10.1 Å². The van der Waals surface area contributed by atoms with Crippen LogP contribution in [0.3, 0.4) is 0 Å². The van der Waals surface area contributed by atoms with Crippen LogP contribution in [0.15, 0.2) is 18.2 Å². The Labute approximate surface area is 114 Å². The predicted molar refractivity (Wildman–Crippen MR) is 75.5 cm³/mol. The summed E-state index contributed by atoms with van der Waals surface area (Å²) in [6.45, 7) is 10.5. The number of hydrogen-bond acceptors (Lipinski definition) is 4. The SMILES string of the molecule is CC(C)Oc1ccc([N+](=O)[O-])cc1CNC(C)(C)C. The van der Waals surface area contributed by atoms with Gasteiger partial charge in [0.05, 0.1) is 11.0 Å². The molecule has 0 saturated heterocycles. The molecule has 0 bridgehead atoms. The van der Waals surface area contributed by atoms with Crippen molar-refractivity contribution >= 4 is 5.69 Å². The minimum Gasteiger partial charge on any atom is -0.491 e. The molecule has 1 rings (SSSR count). The Kier molecular flexibility index (Phi) is 4.89. The molecule has 1 N–H and O–H groups in total. The highest BCUT2D eigenvalue weighted by molar-refractivity contribution is 5.44. The molecule has 0 fully saturated rings. The lowest BCUT2D eigenvalue weighted by molar-refractivity contribution is -0.384. The quantitative estimate of drug-likeness (QED) is 0.656. The van der Waals surface area contributed by atoms with Crippen molar-refractivity contribution in [1.29, 1.82) is 0 Å². The zero-order chi connectivity index (χ0) is 14.6. The van der Waals surface area contributed by atoms with E-state index < -0.39 is 0 Å². The molecule has 106 valence electrons. The standard InChI is InChI=1S/C14H22N2O3/c1-10(2)19-13-7-6-12(16(17)18)8-11(13)9-15-14(3,4)5/h6-8,10,15H,9H2,1-5H3. The van der Waals surface area contributed by atoms with Crippen molar-refractivity contribution < 1.29 is 9.66 Å². The summed E-state index contributed by atoms with van der Waals surface area (Å²) in [5.74, 6) is 0.692. The summed E-state index contributed by atoms with van der Waals surface area (Å²) in [6.07, 6.45) is 0.0369. The summed E-state index contributed by atoms with van der Waals surface area (Å²) in [5, 5.41) is 14.1. The second kappa shape index (κ2) is 6.02. The molecule has 0 aromatic heterocycles. The van der Waals surface area contributed by atoms with Gasteiger partial charge in [0.15, 0.2) is 0 Å². The van der Waals surface area contributed by atoms with E-state index in [1.54, 1.807) is 12.1 Å². The highest BCUT2D eigenvalue weighted by Crippen LogP contribution is 2.25. The first-order chi connectivity index (χ1) is 8.69. The Bertz CT molecular complexity index is 450. The molecule has 0 atom stereocenters. The van der Waals surface area contributed by atoms with Gasteiger partial charge in [-0.2, -0.15) is 0 Å². The van der Waals surface area contributed by atoms with Gasteiger partial charge in [0.25, 0.3) is 5.69 Å². The van der Waals surface area contributed by atoms with E-state index in [1.807, 2.05) is 34.6 Å². The van der Waals surface area contributed by atoms with Gasteiger partial charge in [-0.15, -0.1) is 0 Å². The number of hydrogen-bond donors (Lipinski definition) is 1. The monoisotopic (exact) mass is 266 g/mol. The molecular weight excluding hydrogens is 244 g/mol. The molecule has 0 unspecified atom stereocenters. The topological polar surface area (TPSA) is 64.4 Å². The molecule has 1 aromatic carbocycles. The van der Waals surface area contributed by atoms with Crippen molar-refractivity contribution in [3.8, 4) is 5.75 Å². The fourth-order valence-electron chi connectivity index (χ4n) is 1.55. The molecule has 0 amide bonds. The van der Waals surface area contributed by atoms with E-state index in [2.05, 4.69) is 5.32 Å². The van der Waals surface area contributed by atoms with Gasteiger partial charge in [-0.05, 0) is 40.7 Å². The van der Waals surface area contributed by atoms with Crippen LogP contribution in [0.1, 0.15) is 40.2 Å². The first-order valence-corrected chi connectivity index (χ1v) is 6.38. The van der Waals surface area contributed by atoms with E-state index in [-0.39, 0.29) is 22.3 Å². The molecule has 0 aliphatic heterocycles. The van der Waals surface area contributed by atoms with Gasteiger partial charge in [0.1, 0.15) is 5.75 Å². The Balaban J connectivity index is 3.00. The summed E-state index contributed by atoms with van der Waals surface area (Å²) in [6, 6.07) is 4.70. The lowest BCUT2D eigenvalue weighted by Gasteiger charge is -2.22. The fraction of sp³-hybridized carbons (Fsp3) is 0.571. The third kappa shape index (κ3) is 5.26. The molecule has 5 nitrogen and oxygen atoms in total. The van der Waals surface area contributed by atoms with Crippen molar-refractivity contribution in [3.05, 3.63) is 33.9 Å². The zero-order valence-corrected chi connectivity index (χ0v) is 12.2. The summed E-state index contributed by atoms with van der Waals surface area (Å²) in [7, 11) is 0. The maximum Gasteiger partial charge on any atom is 0.270 e. The molecule has 0 heterocycles. The summed E-state index contributed by atoms with van der Waals surface area (Å²) in [5.41, 5.74) is 0.833. The van der Waals surface area contributed by atoms with Gasteiger partial charge in [-0.25, -0.2) is 0 Å². The number of non-ortho nitro benzene ring substituents is 1.